The Morgan fingerprint density at radius 1 is 0.522 bits per heavy atom. The fourth-order valence-electron chi connectivity index (χ4n) is 13.0. The van der Waals surface area contributed by atoms with Crippen LogP contribution in [0.15, 0.2) is 0 Å². The van der Waals surface area contributed by atoms with Crippen LogP contribution in [-0.2, 0) is 42.8 Å². The molecule has 3 fully saturated rings. The summed E-state index contributed by atoms with van der Waals surface area (Å²) in [4.78, 5) is 38.6. The number of hydrogen-bond acceptors (Lipinski definition) is 20. The van der Waals surface area contributed by atoms with Crippen molar-refractivity contribution in [2.24, 2.45) is 0 Å². The molecule has 3 aliphatic heterocycles. The van der Waals surface area contributed by atoms with Gasteiger partial charge in [0.15, 0.2) is 12.6 Å². The summed E-state index contributed by atoms with van der Waals surface area (Å²) in [6, 6.07) is -2.52. The number of aliphatic carboxylic acids is 1. The van der Waals surface area contributed by atoms with E-state index in [4.69, 9.17) is 28.4 Å². The van der Waals surface area contributed by atoms with Gasteiger partial charge in [-0.25, -0.2) is 4.79 Å². The maximum absolute atomic E-state index is 13.5. The number of carbonyl (C=O) groups excluding carboxylic acids is 2. The fourth-order valence-corrected chi connectivity index (χ4v) is 13.0. The molecule has 23 nitrogen and oxygen atoms in total. The van der Waals surface area contributed by atoms with Gasteiger partial charge in [-0.15, -0.1) is 0 Å². The first-order chi connectivity index (χ1) is 44.4. The number of ether oxygens (including phenoxy) is 6. The van der Waals surface area contributed by atoms with Crippen molar-refractivity contribution in [3.63, 3.8) is 0 Å². The van der Waals surface area contributed by atoms with Gasteiger partial charge in [0.05, 0.1) is 50.7 Å². The molecule has 3 aliphatic rings. The van der Waals surface area contributed by atoms with E-state index in [2.05, 4.69) is 24.5 Å². The number of carboxylic acid groups (broad SMARTS) is 1. The molecule has 0 aromatic carbocycles. The number of unbranched alkanes of at least 4 members (excludes halogenated alkanes) is 36. The Hall–Kier alpha value is -2.27. The van der Waals surface area contributed by atoms with Crippen molar-refractivity contribution < 1.29 is 104 Å². The van der Waals surface area contributed by atoms with Crippen LogP contribution in [0.3, 0.4) is 0 Å². The third-order valence-corrected chi connectivity index (χ3v) is 18.8. The van der Waals surface area contributed by atoms with E-state index in [1.54, 1.807) is 0 Å². The molecule has 23 heteroatoms. The molecule has 3 rings (SSSR count). The summed E-state index contributed by atoms with van der Waals surface area (Å²) in [7, 11) is 0. The van der Waals surface area contributed by atoms with Crippen molar-refractivity contribution in [2.45, 2.75) is 394 Å². The van der Waals surface area contributed by atoms with Gasteiger partial charge in [-0.3, -0.25) is 9.59 Å². The van der Waals surface area contributed by atoms with Crippen LogP contribution in [0.2, 0.25) is 0 Å². The first-order valence-electron chi connectivity index (χ1n) is 36.4. The van der Waals surface area contributed by atoms with E-state index in [0.717, 1.165) is 51.9 Å². The minimum Gasteiger partial charge on any atom is -0.477 e. The van der Waals surface area contributed by atoms with Crippen molar-refractivity contribution in [3.05, 3.63) is 0 Å². The molecule has 0 aromatic heterocycles. The van der Waals surface area contributed by atoms with Crippen LogP contribution < -0.4 is 10.6 Å². The summed E-state index contributed by atoms with van der Waals surface area (Å²) >= 11 is 0. The Kier molecular flexibility index (Phi) is 45.7. The maximum atomic E-state index is 13.5. The Labute approximate surface area is 550 Å². The van der Waals surface area contributed by atoms with Crippen LogP contribution in [-0.4, -0.2) is 215 Å². The molecule has 2 amide bonds. The standard InChI is InChI=1S/C69H130N2O21/c1-4-6-8-10-12-14-16-18-20-22-24-25-27-29-31-33-35-37-39-41-43-56(79)71-50(51(76)42-40-38-36-34-32-30-28-26-23-21-19-17-15-13-11-9-7-5-2)48-87-66-61(83)60(82)63(55(47-74)89-66)90-67-62(84)65(59(81)54(46-73)88-67)92-69(68(85)86)44-52(77)57(70-49(3)75)64(91-69)58(80)53(78)45-72/h50-55,57-67,72-74,76-78,80-84H,4-48H2,1-3H3,(H,70,75)(H,71,79)(H,85,86). The van der Waals surface area contributed by atoms with Crippen molar-refractivity contribution in [2.75, 3.05) is 26.4 Å². The van der Waals surface area contributed by atoms with E-state index in [9.17, 15) is 75.7 Å². The third kappa shape index (κ3) is 31.9. The van der Waals surface area contributed by atoms with E-state index in [0.29, 0.717) is 19.3 Å². The molecule has 3 heterocycles. The zero-order valence-corrected chi connectivity index (χ0v) is 56.7. The minimum atomic E-state index is -3.08. The van der Waals surface area contributed by atoms with Gasteiger partial charge in [0.2, 0.25) is 11.8 Å². The number of carboxylic acids is 1. The molecule has 0 saturated carbocycles. The summed E-state index contributed by atoms with van der Waals surface area (Å²) in [6.45, 7) is 2.24. The van der Waals surface area contributed by atoms with E-state index in [-0.39, 0.29) is 18.9 Å². The van der Waals surface area contributed by atoms with Crippen molar-refractivity contribution in [1.29, 1.82) is 0 Å². The van der Waals surface area contributed by atoms with Crippen LogP contribution in [0.25, 0.3) is 0 Å². The van der Waals surface area contributed by atoms with Gasteiger partial charge in [-0.1, -0.05) is 251 Å². The normalized spacial score (nSPS) is 28.2. The van der Waals surface area contributed by atoms with E-state index in [1.165, 1.54) is 186 Å². The first kappa shape index (κ1) is 84.0. The smallest absolute Gasteiger partial charge is 0.364 e. The lowest BCUT2D eigenvalue weighted by atomic mass is 9.88. The highest BCUT2D eigenvalue weighted by molar-refractivity contribution is 5.77. The molecule has 18 unspecified atom stereocenters. The molecular weight excluding hydrogens is 1190 g/mol. The van der Waals surface area contributed by atoms with E-state index in [1.807, 2.05) is 0 Å². The van der Waals surface area contributed by atoms with Gasteiger partial charge < -0.3 is 100 Å². The SMILES string of the molecule is CCCCCCCCCCCCCCCCCCCCCCC(=O)NC(COC1OC(CO)C(OC2OC(CO)C(O)C(OC3(C(=O)O)CC(O)C(NC(C)=O)C(C(O)C(O)CO)O3)C2O)C(O)C1O)C(O)CCCCCCCCCCCCCCCCCCCC. The number of aliphatic hydroxyl groups excluding tert-OH is 11. The summed E-state index contributed by atoms with van der Waals surface area (Å²) in [6.07, 6.45) is 18.1. The Balaban J connectivity index is 1.57. The second-order valence-corrected chi connectivity index (χ2v) is 26.8. The highest BCUT2D eigenvalue weighted by Crippen LogP contribution is 2.39. The van der Waals surface area contributed by atoms with Crippen LogP contribution in [0, 0.1) is 0 Å². The van der Waals surface area contributed by atoms with Crippen LogP contribution in [0.4, 0.5) is 0 Å². The summed E-state index contributed by atoms with van der Waals surface area (Å²) in [5, 5.41) is 136. The molecule has 14 N–H and O–H groups in total. The zero-order valence-electron chi connectivity index (χ0n) is 56.7. The minimum absolute atomic E-state index is 0.229. The Bertz CT molecular complexity index is 1860. The van der Waals surface area contributed by atoms with Crippen molar-refractivity contribution in [3.8, 4) is 0 Å². The third-order valence-electron chi connectivity index (χ3n) is 18.8. The second-order valence-electron chi connectivity index (χ2n) is 26.8. The number of carbonyl (C=O) groups is 3. The lowest BCUT2D eigenvalue weighted by molar-refractivity contribution is -0.386. The molecule has 3 saturated heterocycles. The number of nitrogens with one attached hydrogen (secondary N) is 2. The average Bonchev–Trinajstić information content (AvgIpc) is 0.768. The quantitative estimate of drug-likeness (QED) is 0.0266. The predicted octanol–water partition coefficient (Wildman–Crippen LogP) is 7.29. The molecule has 0 aromatic rings. The second kappa shape index (κ2) is 50.1. The molecule has 18 atom stereocenters. The van der Waals surface area contributed by atoms with Gasteiger partial charge in [-0.05, 0) is 12.8 Å². The predicted molar refractivity (Wildman–Crippen MR) is 348 cm³/mol. The lowest BCUT2D eigenvalue weighted by Crippen LogP contribution is -2.70. The van der Waals surface area contributed by atoms with Gasteiger partial charge in [0, 0.05) is 19.8 Å². The maximum Gasteiger partial charge on any atom is 0.364 e. The van der Waals surface area contributed by atoms with Gasteiger partial charge in [-0.2, -0.15) is 0 Å². The molecule has 0 spiro atoms. The van der Waals surface area contributed by atoms with Crippen LogP contribution in [0.5, 0.6) is 0 Å². The van der Waals surface area contributed by atoms with Crippen LogP contribution >= 0.6 is 0 Å². The largest absolute Gasteiger partial charge is 0.477 e. The lowest BCUT2D eigenvalue weighted by Gasteiger charge is -2.50. The molecule has 0 radical (unpaired) electrons. The summed E-state index contributed by atoms with van der Waals surface area (Å²) in [5.41, 5.74) is 0. The highest BCUT2D eigenvalue weighted by atomic mass is 16.8. The summed E-state index contributed by atoms with van der Waals surface area (Å²) < 4.78 is 34.9. The van der Waals surface area contributed by atoms with Gasteiger partial charge >= 0.3 is 5.97 Å². The van der Waals surface area contributed by atoms with Crippen molar-refractivity contribution in [1.82, 2.24) is 10.6 Å². The molecule has 542 valence electrons. The first-order valence-corrected chi connectivity index (χ1v) is 36.4. The van der Waals surface area contributed by atoms with Crippen molar-refractivity contribution >= 4 is 17.8 Å². The van der Waals surface area contributed by atoms with Gasteiger partial charge in [0.1, 0.15) is 67.1 Å². The number of amides is 2. The van der Waals surface area contributed by atoms with E-state index < -0.39 is 148 Å². The highest BCUT2D eigenvalue weighted by Gasteiger charge is 2.60. The fraction of sp³-hybridized carbons (Fsp3) is 0.957. The average molecular weight is 1320 g/mol. The zero-order chi connectivity index (χ0) is 67.5. The van der Waals surface area contributed by atoms with Gasteiger partial charge in [0.25, 0.3) is 5.79 Å². The Morgan fingerprint density at radius 3 is 1.36 bits per heavy atom. The monoisotopic (exact) mass is 1320 g/mol. The Morgan fingerprint density at radius 2 is 0.946 bits per heavy atom. The molecule has 0 bridgehead atoms. The molecule has 92 heavy (non-hydrogen) atoms. The van der Waals surface area contributed by atoms with Crippen LogP contribution in [0.1, 0.15) is 284 Å². The number of aliphatic hydroxyl groups is 11. The molecular formula is C69H130N2O21. The summed E-state index contributed by atoms with van der Waals surface area (Å²) in [5.74, 6) is -6.09. The number of rotatable bonds is 56. The number of hydrogen-bond donors (Lipinski definition) is 14. The molecule has 0 aliphatic carbocycles. The van der Waals surface area contributed by atoms with E-state index >= 15 is 0 Å². The topological polar surface area (TPSA) is 373 Å².